The molecule has 0 amide bonds. The van der Waals surface area contributed by atoms with E-state index in [0.717, 1.165) is 0 Å². The monoisotopic (exact) mass is 1680 g/mol. The minimum absolute atomic E-state index is 1.19. The molecule has 0 aliphatic heterocycles. The summed E-state index contributed by atoms with van der Waals surface area (Å²) in [5.74, 6) is 0. The maximum absolute atomic E-state index is 2.53. The van der Waals surface area contributed by atoms with Gasteiger partial charge in [-0.3, -0.25) is 0 Å². The van der Waals surface area contributed by atoms with Crippen molar-refractivity contribution in [2.75, 3.05) is 0 Å². The summed E-state index contributed by atoms with van der Waals surface area (Å²) in [6.45, 7) is 13.5. The van der Waals surface area contributed by atoms with Gasteiger partial charge in [-0.2, -0.15) is 0 Å². The zero-order chi connectivity index (χ0) is 72.3. The molecule has 0 unspecified atom stereocenters. The lowest BCUT2D eigenvalue weighted by Crippen LogP contribution is -1.80. The van der Waals surface area contributed by atoms with Crippen LogP contribution in [0.1, 0.15) is 160 Å². The van der Waals surface area contributed by atoms with E-state index >= 15 is 0 Å². The largest absolute Gasteiger partial charge is 0.140 e. The van der Waals surface area contributed by atoms with Gasteiger partial charge in [0, 0.05) is 157 Å². The first-order valence-electron chi connectivity index (χ1n) is 37.7. The second-order valence-electron chi connectivity index (χ2n) is 27.1. The lowest BCUT2D eigenvalue weighted by Gasteiger charge is -2.03. The Bertz CT molecular complexity index is 5400. The molecule has 16 heterocycles. The van der Waals surface area contributed by atoms with E-state index in [2.05, 4.69) is 224 Å². The quantitative estimate of drug-likeness (QED) is 0.0353. The SMILES string of the molecule is CCCCCCc1ccc(-c2ccc(-c3ccc(-c4cc(-c5ccc(-c6ccc(-c7ccc(CCCCCC)s7)s6)s5)c(-c5sc(-c6ccc(-c7ccc(C)s7)s6)cc5-c5ccc(-c6ccc(-c7ccc(CCCCCC)s7)s6)s5)s4)s3)s2)s1.CCCCCCc1ccc(-c2ccc(-c3ccc(C)s3)s2)s1. The van der Waals surface area contributed by atoms with Crippen LogP contribution >= 0.6 is 181 Å². The van der Waals surface area contributed by atoms with Gasteiger partial charge in [0.25, 0.3) is 0 Å². The molecule has 0 aliphatic carbocycles. The third-order valence-electron chi connectivity index (χ3n) is 19.0. The first-order chi connectivity index (χ1) is 52.1. The fourth-order valence-corrected chi connectivity index (χ4v) is 30.8. The molecule has 0 radical (unpaired) electrons. The summed E-state index contributed by atoms with van der Waals surface area (Å²) in [7, 11) is 0. The van der Waals surface area contributed by atoms with Crippen LogP contribution in [0.3, 0.4) is 0 Å². The van der Waals surface area contributed by atoms with Gasteiger partial charge in [-0.05, 0) is 247 Å². The number of thiophene rings is 16. The van der Waals surface area contributed by atoms with Gasteiger partial charge in [-0.15, -0.1) is 181 Å². The van der Waals surface area contributed by atoms with E-state index in [1.54, 1.807) is 0 Å². The van der Waals surface area contributed by atoms with Crippen molar-refractivity contribution in [2.45, 2.75) is 170 Å². The summed E-state index contributed by atoms with van der Waals surface area (Å²) in [5.41, 5.74) is 2.67. The summed E-state index contributed by atoms with van der Waals surface area (Å²) >= 11 is 31.2. The molecule has 0 saturated heterocycles. The van der Waals surface area contributed by atoms with Crippen molar-refractivity contribution < 1.29 is 0 Å². The molecule has 16 aromatic rings. The Labute approximate surface area is 692 Å². The zero-order valence-electron chi connectivity index (χ0n) is 61.0. The molecule has 0 aliphatic rings. The minimum Gasteiger partial charge on any atom is -0.140 e. The van der Waals surface area contributed by atoms with Crippen LogP contribution in [0.15, 0.2) is 182 Å². The molecule has 0 bridgehead atoms. The van der Waals surface area contributed by atoms with Crippen LogP contribution in [0.5, 0.6) is 0 Å². The third kappa shape index (κ3) is 18.9. The Morgan fingerprint density at radius 1 is 0.170 bits per heavy atom. The predicted octanol–water partition coefficient (Wildman–Crippen LogP) is 36.8. The van der Waals surface area contributed by atoms with Gasteiger partial charge in [-0.1, -0.05) is 105 Å². The summed E-state index contributed by atoms with van der Waals surface area (Å²) in [6, 6.07) is 70.6. The molecule has 106 heavy (non-hydrogen) atoms. The molecule has 16 aromatic heterocycles. The van der Waals surface area contributed by atoms with E-state index in [4.69, 9.17) is 0 Å². The van der Waals surface area contributed by atoms with E-state index in [9.17, 15) is 0 Å². The van der Waals surface area contributed by atoms with E-state index in [1.807, 2.05) is 181 Å². The fourth-order valence-electron chi connectivity index (χ4n) is 13.2. The molecule has 0 spiro atoms. The first-order valence-corrected chi connectivity index (χ1v) is 50.7. The van der Waals surface area contributed by atoms with Crippen LogP contribution in [-0.4, -0.2) is 0 Å². The van der Waals surface area contributed by atoms with Crippen LogP contribution in [0.2, 0.25) is 0 Å². The number of rotatable bonds is 34. The maximum Gasteiger partial charge on any atom is 0.0542 e. The zero-order valence-corrected chi connectivity index (χ0v) is 74.1. The lowest BCUT2D eigenvalue weighted by atomic mass is 10.1. The highest BCUT2D eigenvalue weighted by molar-refractivity contribution is 7.33. The highest BCUT2D eigenvalue weighted by Crippen LogP contribution is 2.57. The molecule has 16 heteroatoms. The highest BCUT2D eigenvalue weighted by Gasteiger charge is 2.26. The number of hydrogen-bond acceptors (Lipinski definition) is 16. The minimum atomic E-state index is 1.19. The van der Waals surface area contributed by atoms with E-state index in [-0.39, 0.29) is 0 Å². The van der Waals surface area contributed by atoms with E-state index in [1.165, 1.54) is 296 Å². The molecule has 0 atom stereocenters. The van der Waals surface area contributed by atoms with Crippen LogP contribution in [0.25, 0.3) is 138 Å². The van der Waals surface area contributed by atoms with Crippen molar-refractivity contribution in [3.05, 3.63) is 211 Å². The maximum atomic E-state index is 2.53. The van der Waals surface area contributed by atoms with E-state index < -0.39 is 0 Å². The fraction of sp³-hybridized carbons (Fsp3) is 0.289. The van der Waals surface area contributed by atoms with Crippen LogP contribution in [0, 0.1) is 13.8 Å². The Balaban J connectivity index is 0.000000349. The van der Waals surface area contributed by atoms with Gasteiger partial charge in [0.15, 0.2) is 0 Å². The van der Waals surface area contributed by atoms with Gasteiger partial charge in [0.1, 0.15) is 0 Å². The third-order valence-corrected chi connectivity index (χ3v) is 38.9. The Hall–Kier alpha value is -4.80. The van der Waals surface area contributed by atoms with Crippen molar-refractivity contribution in [1.29, 1.82) is 0 Å². The average molecular weight is 1680 g/mol. The topological polar surface area (TPSA) is 0 Å². The summed E-state index contributed by atoms with van der Waals surface area (Å²) in [4.78, 5) is 44.2. The van der Waals surface area contributed by atoms with Crippen LogP contribution < -0.4 is 0 Å². The first kappa shape index (κ1) is 76.6. The molecular formula is C90H88S16. The van der Waals surface area contributed by atoms with Crippen LogP contribution in [-0.2, 0) is 25.7 Å². The van der Waals surface area contributed by atoms with Crippen molar-refractivity contribution >= 4 is 181 Å². The lowest BCUT2D eigenvalue weighted by molar-refractivity contribution is 0.670. The predicted molar refractivity (Wildman–Crippen MR) is 496 cm³/mol. The highest BCUT2D eigenvalue weighted by atomic mass is 32.2. The smallest absolute Gasteiger partial charge is 0.0542 e. The molecule has 16 rings (SSSR count). The second-order valence-corrected chi connectivity index (χ2v) is 45.2. The van der Waals surface area contributed by atoms with Gasteiger partial charge in [0.05, 0.1) is 9.75 Å². The standard InChI is InChI=1S/C71H66S13.C19H22S3/c1-5-8-11-14-17-45-21-25-53(73-45)57-32-35-62(78-57)60-30-28-50(76-60)48-42-68(66-40-38-56(81-66)52-24-20-44(4)72-52)83-70(48)71-49(51-29-31-61(77-51)63-36-33-58(79-63)54-26-22-46(74-54)18-15-12-9-6-2)43-69(84-71)67-41-39-65(82-67)64-37-34-59(80-64)55-27-23-47(75-55)19-16-13-10-7-3;1-3-4-5-6-7-15-9-11-17(21-15)19-13-12-18(22-19)16-10-8-14(2)20-16/h20-43H,5-19H2,1-4H3;8-13H,3-7H2,1-2H3. The van der Waals surface area contributed by atoms with Crippen molar-refractivity contribution in [3.8, 4) is 138 Å². The molecule has 0 saturated carbocycles. The number of unbranched alkanes of at least 4 members (excludes halogenated alkanes) is 12. The van der Waals surface area contributed by atoms with Gasteiger partial charge in [-0.25, -0.2) is 0 Å². The van der Waals surface area contributed by atoms with Crippen LogP contribution in [0.4, 0.5) is 0 Å². The summed E-state index contributed by atoms with van der Waals surface area (Å²) in [6.07, 6.45) is 25.9. The van der Waals surface area contributed by atoms with Crippen molar-refractivity contribution in [2.24, 2.45) is 0 Å². The van der Waals surface area contributed by atoms with Gasteiger partial charge in [0.2, 0.25) is 0 Å². The summed E-state index contributed by atoms with van der Waals surface area (Å²) < 4.78 is 0. The average Bonchev–Trinajstić information content (AvgIpc) is 1.60. The molecule has 0 N–H and O–H groups in total. The Morgan fingerprint density at radius 3 is 0.585 bits per heavy atom. The van der Waals surface area contributed by atoms with Gasteiger partial charge >= 0.3 is 0 Å². The van der Waals surface area contributed by atoms with E-state index in [0.29, 0.717) is 0 Å². The second kappa shape index (κ2) is 37.0. The molecule has 544 valence electrons. The molecular weight excluding hydrogens is 1590 g/mol. The van der Waals surface area contributed by atoms with Crippen molar-refractivity contribution in [1.82, 2.24) is 0 Å². The van der Waals surface area contributed by atoms with Crippen molar-refractivity contribution in [3.63, 3.8) is 0 Å². The normalized spacial score (nSPS) is 11.7. The molecule has 0 nitrogen and oxygen atoms in total. The molecule has 0 fully saturated rings. The Kier molecular flexibility index (Phi) is 26.7. The Morgan fingerprint density at radius 2 is 0.358 bits per heavy atom. The molecule has 0 aromatic carbocycles. The summed E-state index contributed by atoms with van der Waals surface area (Å²) in [5, 5.41) is 0. The number of aryl methyl sites for hydroxylation is 6. The number of hydrogen-bond donors (Lipinski definition) is 0. The van der Waals surface area contributed by atoms with Gasteiger partial charge < -0.3 is 0 Å².